The number of aromatic nitrogens is 3. The van der Waals surface area contributed by atoms with Gasteiger partial charge in [-0.05, 0) is 31.0 Å². The quantitative estimate of drug-likeness (QED) is 0.740. The number of carboxylic acids is 1. The van der Waals surface area contributed by atoms with Gasteiger partial charge in [0.05, 0.1) is 17.5 Å². The highest BCUT2D eigenvalue weighted by atomic mass is 16.4. The van der Waals surface area contributed by atoms with Gasteiger partial charge < -0.3 is 10.1 Å². The molecule has 2 heterocycles. The third-order valence-electron chi connectivity index (χ3n) is 3.01. The van der Waals surface area contributed by atoms with Crippen LogP contribution in [0.5, 0.6) is 0 Å². The Bertz CT molecular complexity index is 739. The normalized spacial score (nSPS) is 11.4. The Labute approximate surface area is 103 Å². The molecule has 0 aliphatic carbocycles. The van der Waals surface area contributed by atoms with Crippen LogP contribution in [0.1, 0.15) is 17.7 Å². The summed E-state index contributed by atoms with van der Waals surface area (Å²) in [6.07, 6.45) is 2.54. The van der Waals surface area contributed by atoms with Crippen LogP contribution in [0, 0.1) is 6.92 Å². The first kappa shape index (κ1) is 10.8. The third kappa shape index (κ3) is 1.73. The van der Waals surface area contributed by atoms with Crippen molar-refractivity contribution in [2.45, 2.75) is 19.8 Å². The van der Waals surface area contributed by atoms with E-state index in [0.29, 0.717) is 6.42 Å². The van der Waals surface area contributed by atoms with Gasteiger partial charge in [0.25, 0.3) is 0 Å². The number of fused-ring (bicyclic) bond motifs is 3. The third-order valence-corrected chi connectivity index (χ3v) is 3.01. The lowest BCUT2D eigenvalue weighted by Gasteiger charge is -1.94. The number of aryl methyl sites for hydroxylation is 2. The maximum Gasteiger partial charge on any atom is 0.303 e. The molecule has 0 atom stereocenters. The first-order chi connectivity index (χ1) is 8.63. The predicted molar refractivity (Wildman–Crippen MR) is 67.7 cm³/mol. The zero-order chi connectivity index (χ0) is 12.7. The Hall–Kier alpha value is -2.30. The number of imidazole rings is 2. The molecule has 0 amide bonds. The van der Waals surface area contributed by atoms with Crippen molar-refractivity contribution in [1.82, 2.24) is 14.4 Å². The van der Waals surface area contributed by atoms with Crippen molar-refractivity contribution in [1.29, 1.82) is 0 Å². The molecule has 2 aromatic heterocycles. The van der Waals surface area contributed by atoms with Gasteiger partial charge in [0.2, 0.25) is 5.78 Å². The Balaban J connectivity index is 2.07. The minimum absolute atomic E-state index is 0.126. The molecule has 0 saturated heterocycles. The number of hydrogen-bond acceptors (Lipinski definition) is 2. The molecule has 1 aromatic carbocycles. The Morgan fingerprint density at radius 2 is 2.33 bits per heavy atom. The fourth-order valence-electron chi connectivity index (χ4n) is 2.12. The molecule has 0 spiro atoms. The van der Waals surface area contributed by atoms with E-state index in [-0.39, 0.29) is 6.42 Å². The van der Waals surface area contributed by atoms with Gasteiger partial charge >= 0.3 is 5.97 Å². The first-order valence-corrected chi connectivity index (χ1v) is 5.81. The summed E-state index contributed by atoms with van der Waals surface area (Å²) in [5.41, 5.74) is 4.06. The molecule has 0 aliphatic rings. The van der Waals surface area contributed by atoms with E-state index in [2.05, 4.69) is 16.0 Å². The van der Waals surface area contributed by atoms with Crippen LogP contribution in [0.2, 0.25) is 0 Å². The van der Waals surface area contributed by atoms with Gasteiger partial charge in [-0.15, -0.1) is 0 Å². The van der Waals surface area contributed by atoms with Crippen molar-refractivity contribution in [3.63, 3.8) is 0 Å². The number of carbonyl (C=O) groups is 1. The second-order valence-electron chi connectivity index (χ2n) is 4.47. The highest BCUT2D eigenvalue weighted by molar-refractivity contribution is 5.80. The van der Waals surface area contributed by atoms with Crippen LogP contribution in [0.15, 0.2) is 24.4 Å². The van der Waals surface area contributed by atoms with Gasteiger partial charge in [-0.25, -0.2) is 4.98 Å². The number of nitrogens with zero attached hydrogens (tertiary/aromatic N) is 2. The number of aromatic amines is 1. The molecule has 0 saturated carbocycles. The monoisotopic (exact) mass is 243 g/mol. The Kier molecular flexibility index (Phi) is 2.33. The van der Waals surface area contributed by atoms with Crippen molar-refractivity contribution in [3.05, 3.63) is 35.7 Å². The highest BCUT2D eigenvalue weighted by Crippen LogP contribution is 2.18. The molecule has 0 bridgehead atoms. The summed E-state index contributed by atoms with van der Waals surface area (Å²) in [6, 6.07) is 6.09. The van der Waals surface area contributed by atoms with Crippen molar-refractivity contribution in [3.8, 4) is 0 Å². The minimum atomic E-state index is -0.789. The SMILES string of the molecule is Cc1ccc2nc3[nH]c(CCC(=O)O)cn3c2c1. The molecule has 18 heavy (non-hydrogen) atoms. The highest BCUT2D eigenvalue weighted by Gasteiger charge is 2.08. The molecule has 2 N–H and O–H groups in total. The summed E-state index contributed by atoms with van der Waals surface area (Å²) in [4.78, 5) is 18.2. The van der Waals surface area contributed by atoms with Crippen LogP contribution in [0.4, 0.5) is 0 Å². The van der Waals surface area contributed by atoms with Gasteiger partial charge in [0.15, 0.2) is 0 Å². The summed E-state index contributed by atoms with van der Waals surface area (Å²) in [6.45, 7) is 2.04. The van der Waals surface area contributed by atoms with Gasteiger partial charge in [0, 0.05) is 11.9 Å². The Morgan fingerprint density at radius 3 is 3.11 bits per heavy atom. The molecular formula is C13H13N3O2. The lowest BCUT2D eigenvalue weighted by atomic mass is 10.2. The minimum Gasteiger partial charge on any atom is -0.481 e. The number of carboxylic acid groups (broad SMARTS) is 1. The molecule has 5 heteroatoms. The summed E-state index contributed by atoms with van der Waals surface area (Å²) < 4.78 is 1.97. The predicted octanol–water partition coefficient (Wildman–Crippen LogP) is 2.14. The molecule has 3 aromatic rings. The van der Waals surface area contributed by atoms with Gasteiger partial charge in [-0.1, -0.05) is 6.07 Å². The van der Waals surface area contributed by atoms with E-state index in [4.69, 9.17) is 5.11 Å². The fourth-order valence-corrected chi connectivity index (χ4v) is 2.12. The number of benzene rings is 1. The van der Waals surface area contributed by atoms with E-state index >= 15 is 0 Å². The number of aliphatic carboxylic acids is 1. The molecular weight excluding hydrogens is 230 g/mol. The van der Waals surface area contributed by atoms with Crippen molar-refractivity contribution >= 4 is 22.8 Å². The average molecular weight is 243 g/mol. The second-order valence-corrected chi connectivity index (χ2v) is 4.47. The van der Waals surface area contributed by atoms with Crippen LogP contribution in [0.25, 0.3) is 16.8 Å². The van der Waals surface area contributed by atoms with E-state index in [1.807, 2.05) is 29.7 Å². The first-order valence-electron chi connectivity index (χ1n) is 5.81. The largest absolute Gasteiger partial charge is 0.481 e. The van der Waals surface area contributed by atoms with E-state index in [1.54, 1.807) is 0 Å². The summed E-state index contributed by atoms with van der Waals surface area (Å²) in [5, 5.41) is 8.67. The number of hydrogen-bond donors (Lipinski definition) is 2. The number of nitrogens with one attached hydrogen (secondary N) is 1. The van der Waals surface area contributed by atoms with Crippen molar-refractivity contribution in [2.75, 3.05) is 0 Å². The average Bonchev–Trinajstić information content (AvgIpc) is 2.84. The van der Waals surface area contributed by atoms with Crippen LogP contribution < -0.4 is 0 Å². The van der Waals surface area contributed by atoms with Crippen LogP contribution in [-0.2, 0) is 11.2 Å². The molecule has 0 radical (unpaired) electrons. The lowest BCUT2D eigenvalue weighted by Crippen LogP contribution is -1.97. The fraction of sp³-hybridized carbons (Fsp3) is 0.231. The molecule has 3 rings (SSSR count). The summed E-state index contributed by atoms with van der Waals surface area (Å²) in [7, 11) is 0. The summed E-state index contributed by atoms with van der Waals surface area (Å²) in [5.74, 6) is -0.0288. The zero-order valence-corrected chi connectivity index (χ0v) is 9.97. The molecule has 0 unspecified atom stereocenters. The second kappa shape index (κ2) is 3.87. The van der Waals surface area contributed by atoms with Gasteiger partial charge in [-0.2, -0.15) is 0 Å². The molecule has 5 nitrogen and oxygen atoms in total. The van der Waals surface area contributed by atoms with Crippen molar-refractivity contribution in [2.24, 2.45) is 0 Å². The van der Waals surface area contributed by atoms with E-state index in [1.165, 1.54) is 5.56 Å². The van der Waals surface area contributed by atoms with Crippen LogP contribution in [0.3, 0.4) is 0 Å². The maximum absolute atomic E-state index is 10.5. The molecule has 0 fully saturated rings. The van der Waals surface area contributed by atoms with Crippen LogP contribution >= 0.6 is 0 Å². The molecule has 92 valence electrons. The van der Waals surface area contributed by atoms with E-state index in [9.17, 15) is 4.79 Å². The lowest BCUT2D eigenvalue weighted by molar-refractivity contribution is -0.136. The van der Waals surface area contributed by atoms with Crippen molar-refractivity contribution < 1.29 is 9.90 Å². The number of H-pyrrole nitrogens is 1. The summed E-state index contributed by atoms with van der Waals surface area (Å²) >= 11 is 0. The maximum atomic E-state index is 10.5. The van der Waals surface area contributed by atoms with E-state index < -0.39 is 5.97 Å². The van der Waals surface area contributed by atoms with Gasteiger partial charge in [0.1, 0.15) is 0 Å². The van der Waals surface area contributed by atoms with E-state index in [0.717, 1.165) is 22.5 Å². The zero-order valence-electron chi connectivity index (χ0n) is 9.97. The van der Waals surface area contributed by atoms with Gasteiger partial charge in [-0.3, -0.25) is 9.20 Å². The topological polar surface area (TPSA) is 70.4 Å². The number of rotatable bonds is 3. The standard InChI is InChI=1S/C13H13N3O2/c1-8-2-4-10-11(6-8)16-7-9(3-5-12(17)18)14-13(16)15-10/h2,4,6-7H,3,5H2,1H3,(H,14,15)(H,17,18). The van der Waals surface area contributed by atoms with Crippen LogP contribution in [-0.4, -0.2) is 25.4 Å². The molecule has 0 aliphatic heterocycles. The smallest absolute Gasteiger partial charge is 0.303 e. The Morgan fingerprint density at radius 1 is 1.50 bits per heavy atom.